The minimum atomic E-state index is -0.744. The molecular formula is C21H29N5O3. The molecule has 0 radical (unpaired) electrons. The molecule has 0 saturated carbocycles. The molecule has 8 heteroatoms. The second kappa shape index (κ2) is 9.65. The Labute approximate surface area is 170 Å². The number of anilines is 1. The van der Waals surface area contributed by atoms with Crippen LogP contribution in [0, 0.1) is 0 Å². The number of aryl methyl sites for hydroxylation is 1. The fraction of sp³-hybridized carbons (Fsp3) is 0.524. The monoisotopic (exact) mass is 399 g/mol. The lowest BCUT2D eigenvalue weighted by molar-refractivity contribution is -0.136. The van der Waals surface area contributed by atoms with Crippen LogP contribution in [0.5, 0.6) is 0 Å². The van der Waals surface area contributed by atoms with Crippen LogP contribution in [0.1, 0.15) is 38.9 Å². The van der Waals surface area contributed by atoms with Gasteiger partial charge in [0.15, 0.2) is 0 Å². The number of likely N-dealkylation sites (N-methyl/N-ethyl adjacent to an activating group) is 1. The van der Waals surface area contributed by atoms with Crippen molar-refractivity contribution in [3.05, 3.63) is 34.4 Å². The number of benzene rings is 1. The fourth-order valence-electron chi connectivity index (χ4n) is 3.63. The zero-order chi connectivity index (χ0) is 20.8. The summed E-state index contributed by atoms with van der Waals surface area (Å²) in [5, 5.41) is 5.66. The van der Waals surface area contributed by atoms with Crippen LogP contribution in [0.15, 0.2) is 23.0 Å². The van der Waals surface area contributed by atoms with Crippen LogP contribution < -0.4 is 16.2 Å². The summed E-state index contributed by atoms with van der Waals surface area (Å²) in [4.78, 5) is 43.9. The van der Waals surface area contributed by atoms with Crippen molar-refractivity contribution in [2.24, 2.45) is 0 Å². The van der Waals surface area contributed by atoms with Crippen molar-refractivity contribution in [2.45, 2.75) is 46.1 Å². The second-order valence-corrected chi connectivity index (χ2v) is 7.26. The molecule has 1 aliphatic heterocycles. The van der Waals surface area contributed by atoms with E-state index in [1.165, 1.54) is 0 Å². The van der Waals surface area contributed by atoms with E-state index in [4.69, 9.17) is 0 Å². The molecule has 2 N–H and O–H groups in total. The zero-order valence-corrected chi connectivity index (χ0v) is 17.2. The summed E-state index contributed by atoms with van der Waals surface area (Å²) >= 11 is 0. The minimum Gasteiger partial charge on any atom is -0.347 e. The average Bonchev–Trinajstić information content (AvgIpc) is 2.97. The van der Waals surface area contributed by atoms with Crippen LogP contribution in [-0.2, 0) is 22.6 Å². The Morgan fingerprint density at radius 3 is 2.69 bits per heavy atom. The predicted octanol–water partition coefficient (Wildman–Crippen LogP) is 1.52. The average molecular weight is 399 g/mol. The molecule has 0 aliphatic carbocycles. The highest BCUT2D eigenvalue weighted by Crippen LogP contribution is 2.18. The number of rotatable bonds is 6. The molecule has 8 nitrogen and oxygen atoms in total. The van der Waals surface area contributed by atoms with E-state index in [9.17, 15) is 14.4 Å². The molecule has 0 unspecified atom stereocenters. The van der Waals surface area contributed by atoms with E-state index in [1.54, 1.807) is 22.8 Å². The van der Waals surface area contributed by atoms with E-state index in [0.717, 1.165) is 44.6 Å². The molecule has 0 atom stereocenters. The summed E-state index contributed by atoms with van der Waals surface area (Å²) in [6.45, 7) is 7.65. The molecule has 156 valence electrons. The molecule has 0 spiro atoms. The number of nitrogens with one attached hydrogen (secondary N) is 2. The van der Waals surface area contributed by atoms with Crippen LogP contribution in [0.2, 0.25) is 0 Å². The number of nitrogens with zero attached hydrogens (tertiary/aromatic N) is 3. The largest absolute Gasteiger partial charge is 0.347 e. The van der Waals surface area contributed by atoms with Gasteiger partial charge >= 0.3 is 11.8 Å². The smallest absolute Gasteiger partial charge is 0.313 e. The number of aromatic nitrogens is 2. The van der Waals surface area contributed by atoms with Crippen molar-refractivity contribution in [1.82, 2.24) is 19.8 Å². The number of hydrogen-bond donors (Lipinski definition) is 2. The fourth-order valence-corrected chi connectivity index (χ4v) is 3.63. The highest BCUT2D eigenvalue weighted by Gasteiger charge is 2.16. The van der Waals surface area contributed by atoms with E-state index in [0.29, 0.717) is 36.2 Å². The van der Waals surface area contributed by atoms with Crippen LogP contribution in [0.4, 0.5) is 5.69 Å². The van der Waals surface area contributed by atoms with Crippen molar-refractivity contribution < 1.29 is 9.59 Å². The Hall–Kier alpha value is -2.74. The summed E-state index contributed by atoms with van der Waals surface area (Å²) in [6, 6.07) is 4.99. The SMILES string of the molecule is CCN(CC)CCNC(=O)C(=O)Nc1ccc2nc3n(c(=O)c2c1)CCCCC3. The summed E-state index contributed by atoms with van der Waals surface area (Å²) in [7, 11) is 0. The first-order chi connectivity index (χ1) is 14.0. The van der Waals surface area contributed by atoms with Crippen LogP contribution >= 0.6 is 0 Å². The summed E-state index contributed by atoms with van der Waals surface area (Å²) in [6.07, 6.45) is 3.89. The van der Waals surface area contributed by atoms with Gasteiger partial charge in [-0.1, -0.05) is 20.3 Å². The molecule has 0 saturated heterocycles. The highest BCUT2D eigenvalue weighted by atomic mass is 16.2. The van der Waals surface area contributed by atoms with E-state index >= 15 is 0 Å². The first kappa shape index (κ1) is 21.0. The third-order valence-corrected chi connectivity index (χ3v) is 5.39. The summed E-state index contributed by atoms with van der Waals surface area (Å²) < 4.78 is 1.74. The standard InChI is InChI=1S/C21H29N5O3/c1-3-25(4-2)13-11-22-19(27)20(28)23-15-9-10-17-16(14-15)21(29)26-12-7-5-6-8-18(26)24-17/h9-10,14H,3-8,11-13H2,1-2H3,(H,22,27)(H,23,28). The Morgan fingerprint density at radius 2 is 1.93 bits per heavy atom. The van der Waals surface area contributed by atoms with Crippen molar-refractivity contribution in [3.8, 4) is 0 Å². The molecule has 0 fully saturated rings. The first-order valence-corrected chi connectivity index (χ1v) is 10.4. The maximum Gasteiger partial charge on any atom is 0.313 e. The van der Waals surface area contributed by atoms with E-state index < -0.39 is 11.8 Å². The predicted molar refractivity (Wildman–Crippen MR) is 113 cm³/mol. The van der Waals surface area contributed by atoms with Gasteiger partial charge < -0.3 is 15.5 Å². The number of hydrogen-bond acceptors (Lipinski definition) is 5. The van der Waals surface area contributed by atoms with Crippen LogP contribution in [0.25, 0.3) is 10.9 Å². The van der Waals surface area contributed by atoms with Gasteiger partial charge in [-0.3, -0.25) is 19.0 Å². The lowest BCUT2D eigenvalue weighted by atomic mass is 10.2. The van der Waals surface area contributed by atoms with Crippen molar-refractivity contribution in [3.63, 3.8) is 0 Å². The minimum absolute atomic E-state index is 0.0910. The molecule has 1 aliphatic rings. The zero-order valence-electron chi connectivity index (χ0n) is 17.2. The van der Waals surface area contributed by atoms with Gasteiger partial charge in [0.2, 0.25) is 0 Å². The Kier molecular flexibility index (Phi) is 6.98. The first-order valence-electron chi connectivity index (χ1n) is 10.4. The van der Waals surface area contributed by atoms with Gasteiger partial charge in [0, 0.05) is 31.7 Å². The number of fused-ring (bicyclic) bond motifs is 2. The second-order valence-electron chi connectivity index (χ2n) is 7.26. The number of carbonyl (C=O) groups is 2. The van der Waals surface area contributed by atoms with Gasteiger partial charge in [0.25, 0.3) is 5.56 Å². The third-order valence-electron chi connectivity index (χ3n) is 5.39. The molecule has 2 amide bonds. The van der Waals surface area contributed by atoms with Crippen molar-refractivity contribution in [2.75, 3.05) is 31.5 Å². The molecule has 2 aromatic rings. The molecule has 29 heavy (non-hydrogen) atoms. The third kappa shape index (κ3) is 5.00. The van der Waals surface area contributed by atoms with Gasteiger partial charge in [0.05, 0.1) is 10.9 Å². The quantitative estimate of drug-likeness (QED) is 0.718. The normalized spacial score (nSPS) is 13.8. The van der Waals surface area contributed by atoms with Crippen LogP contribution in [0.3, 0.4) is 0 Å². The van der Waals surface area contributed by atoms with Gasteiger partial charge in [0.1, 0.15) is 5.82 Å². The number of carbonyl (C=O) groups excluding carboxylic acids is 2. The number of amides is 2. The summed E-state index contributed by atoms with van der Waals surface area (Å²) in [5.74, 6) is -0.606. The molecule has 0 bridgehead atoms. The molecule has 3 rings (SSSR count). The Morgan fingerprint density at radius 1 is 1.14 bits per heavy atom. The topological polar surface area (TPSA) is 96.3 Å². The van der Waals surface area contributed by atoms with Crippen LogP contribution in [-0.4, -0.2) is 52.4 Å². The summed E-state index contributed by atoms with van der Waals surface area (Å²) in [5.41, 5.74) is 0.936. The lowest BCUT2D eigenvalue weighted by Gasteiger charge is -2.17. The van der Waals surface area contributed by atoms with E-state index in [1.807, 2.05) is 13.8 Å². The maximum absolute atomic E-state index is 12.9. The van der Waals surface area contributed by atoms with Crippen molar-refractivity contribution >= 4 is 28.4 Å². The van der Waals surface area contributed by atoms with E-state index in [2.05, 4.69) is 20.5 Å². The van der Waals surface area contributed by atoms with Gasteiger partial charge in [-0.2, -0.15) is 0 Å². The van der Waals surface area contributed by atoms with Gasteiger partial charge in [-0.25, -0.2) is 4.98 Å². The Bertz CT molecular complexity index is 949. The van der Waals surface area contributed by atoms with Gasteiger partial charge in [-0.15, -0.1) is 0 Å². The molecular weight excluding hydrogens is 370 g/mol. The lowest BCUT2D eigenvalue weighted by Crippen LogP contribution is -2.40. The molecule has 2 heterocycles. The molecule has 1 aromatic carbocycles. The maximum atomic E-state index is 12.9. The highest BCUT2D eigenvalue weighted by molar-refractivity contribution is 6.39. The van der Waals surface area contributed by atoms with Crippen molar-refractivity contribution in [1.29, 1.82) is 0 Å². The van der Waals surface area contributed by atoms with Gasteiger partial charge in [-0.05, 0) is 44.1 Å². The molecule has 1 aromatic heterocycles. The Balaban J connectivity index is 1.70. The van der Waals surface area contributed by atoms with E-state index in [-0.39, 0.29) is 5.56 Å².